The zero-order valence-electron chi connectivity index (χ0n) is 14.0. The third kappa shape index (κ3) is 4.25. The van der Waals surface area contributed by atoms with Gasteiger partial charge in [-0.15, -0.1) is 0 Å². The van der Waals surface area contributed by atoms with Crippen molar-refractivity contribution in [3.63, 3.8) is 0 Å². The van der Waals surface area contributed by atoms with Gasteiger partial charge in [0.2, 0.25) is 5.91 Å². The lowest BCUT2D eigenvalue weighted by Crippen LogP contribution is -2.39. The maximum absolute atomic E-state index is 12.4. The van der Waals surface area contributed by atoms with E-state index >= 15 is 0 Å². The predicted octanol–water partition coefficient (Wildman–Crippen LogP) is 1.44. The van der Waals surface area contributed by atoms with Crippen LogP contribution in [0.15, 0.2) is 10.9 Å². The molecule has 0 aliphatic heterocycles. The SMILES string of the molecule is O=C(N[C@H]1CC[C@@H](C(=O)NCC(F)(F)F)C1)c1cc2c([nH]c1=O)CCC2. The Hall–Kier alpha value is -2.32. The zero-order chi connectivity index (χ0) is 18.9. The first-order chi connectivity index (χ1) is 12.2. The Balaban J connectivity index is 1.56. The van der Waals surface area contributed by atoms with Crippen molar-refractivity contribution in [3.05, 3.63) is 33.2 Å². The molecule has 2 aliphatic carbocycles. The molecule has 3 rings (SSSR count). The number of hydrogen-bond acceptors (Lipinski definition) is 3. The number of aromatic amines is 1. The Morgan fingerprint density at radius 2 is 2.00 bits per heavy atom. The number of pyridine rings is 1. The van der Waals surface area contributed by atoms with Crippen molar-refractivity contribution in [2.75, 3.05) is 6.54 Å². The number of amides is 2. The average Bonchev–Trinajstić information content (AvgIpc) is 3.19. The summed E-state index contributed by atoms with van der Waals surface area (Å²) < 4.78 is 36.5. The zero-order valence-corrected chi connectivity index (χ0v) is 14.0. The Morgan fingerprint density at radius 3 is 2.73 bits per heavy atom. The Morgan fingerprint density at radius 1 is 1.23 bits per heavy atom. The van der Waals surface area contributed by atoms with Crippen LogP contribution in [0.5, 0.6) is 0 Å². The van der Waals surface area contributed by atoms with E-state index in [1.54, 1.807) is 6.07 Å². The van der Waals surface area contributed by atoms with E-state index in [9.17, 15) is 27.6 Å². The highest BCUT2D eigenvalue weighted by Crippen LogP contribution is 2.26. The van der Waals surface area contributed by atoms with Crippen molar-refractivity contribution in [1.29, 1.82) is 0 Å². The van der Waals surface area contributed by atoms with Gasteiger partial charge in [-0.2, -0.15) is 13.2 Å². The van der Waals surface area contributed by atoms with Crippen molar-refractivity contribution >= 4 is 11.8 Å². The molecule has 2 atom stereocenters. The molecule has 0 spiro atoms. The van der Waals surface area contributed by atoms with Crippen LogP contribution >= 0.6 is 0 Å². The number of hydrogen-bond donors (Lipinski definition) is 3. The summed E-state index contributed by atoms with van der Waals surface area (Å²) in [5, 5.41) is 4.60. The molecule has 0 bridgehead atoms. The fraction of sp³-hybridized carbons (Fsp3) is 0.588. The van der Waals surface area contributed by atoms with Crippen molar-refractivity contribution in [3.8, 4) is 0 Å². The molecule has 1 heterocycles. The van der Waals surface area contributed by atoms with Crippen molar-refractivity contribution in [1.82, 2.24) is 15.6 Å². The molecule has 6 nitrogen and oxygen atoms in total. The maximum atomic E-state index is 12.4. The van der Waals surface area contributed by atoms with Gasteiger partial charge in [0.25, 0.3) is 11.5 Å². The molecule has 3 N–H and O–H groups in total. The summed E-state index contributed by atoms with van der Waals surface area (Å²) >= 11 is 0. The van der Waals surface area contributed by atoms with Gasteiger partial charge in [0.05, 0.1) is 0 Å². The molecule has 1 aromatic rings. The quantitative estimate of drug-likeness (QED) is 0.748. The summed E-state index contributed by atoms with van der Waals surface area (Å²) in [6.45, 7) is -1.36. The number of fused-ring (bicyclic) bond motifs is 1. The average molecular weight is 371 g/mol. The van der Waals surface area contributed by atoms with Gasteiger partial charge in [0, 0.05) is 17.7 Å². The Bertz CT molecular complexity index is 773. The van der Waals surface area contributed by atoms with Gasteiger partial charge in [-0.1, -0.05) is 0 Å². The molecule has 0 unspecified atom stereocenters. The van der Waals surface area contributed by atoms with Crippen LogP contribution in [0, 0.1) is 5.92 Å². The number of rotatable bonds is 4. The first-order valence-corrected chi connectivity index (χ1v) is 8.63. The first-order valence-electron chi connectivity index (χ1n) is 8.63. The van der Waals surface area contributed by atoms with Crippen molar-refractivity contribution in [2.45, 2.75) is 50.7 Å². The summed E-state index contributed by atoms with van der Waals surface area (Å²) in [4.78, 5) is 39.0. The molecule has 1 fully saturated rings. The number of aryl methyl sites for hydroxylation is 2. The number of halogens is 3. The van der Waals surface area contributed by atoms with E-state index in [1.165, 1.54) is 0 Å². The Kier molecular flexibility index (Phi) is 5.06. The van der Waals surface area contributed by atoms with Crippen LogP contribution in [0.1, 0.15) is 47.3 Å². The van der Waals surface area contributed by atoms with Crippen LogP contribution in [0.3, 0.4) is 0 Å². The van der Waals surface area contributed by atoms with Crippen LogP contribution in [-0.4, -0.2) is 35.6 Å². The third-order valence-corrected chi connectivity index (χ3v) is 4.93. The van der Waals surface area contributed by atoms with E-state index in [0.29, 0.717) is 12.8 Å². The highest BCUT2D eigenvalue weighted by molar-refractivity contribution is 5.94. The largest absolute Gasteiger partial charge is 0.405 e. The highest BCUT2D eigenvalue weighted by Gasteiger charge is 2.34. The third-order valence-electron chi connectivity index (χ3n) is 4.93. The smallest absolute Gasteiger partial charge is 0.349 e. The van der Waals surface area contributed by atoms with Gasteiger partial charge in [0.15, 0.2) is 0 Å². The van der Waals surface area contributed by atoms with Crippen LogP contribution in [0.2, 0.25) is 0 Å². The van der Waals surface area contributed by atoms with E-state index < -0.39 is 36.0 Å². The number of H-pyrrole nitrogens is 1. The molecule has 9 heteroatoms. The molecule has 142 valence electrons. The molecule has 0 saturated heterocycles. The molecule has 0 aromatic carbocycles. The van der Waals surface area contributed by atoms with E-state index in [0.717, 1.165) is 30.5 Å². The second-order valence-electron chi connectivity index (χ2n) is 6.88. The second kappa shape index (κ2) is 7.13. The minimum Gasteiger partial charge on any atom is -0.349 e. The second-order valence-corrected chi connectivity index (χ2v) is 6.88. The number of nitrogens with one attached hydrogen (secondary N) is 3. The molecular formula is C17H20F3N3O3. The molecule has 1 saturated carbocycles. The van der Waals surface area contributed by atoms with E-state index in [-0.39, 0.29) is 18.0 Å². The molecule has 26 heavy (non-hydrogen) atoms. The maximum Gasteiger partial charge on any atom is 0.405 e. The molecule has 1 aromatic heterocycles. The Labute approximate surface area is 147 Å². The standard InChI is InChI=1S/C17H20F3N3O3/c18-17(19,20)8-21-14(24)10-4-5-11(6-10)22-15(25)12-7-9-2-1-3-13(9)23-16(12)26/h7,10-11H,1-6,8H2,(H,21,24)(H,22,25)(H,23,26)/t10-,11+/m1/s1. The van der Waals surface area contributed by atoms with Gasteiger partial charge in [0.1, 0.15) is 12.1 Å². The molecule has 0 radical (unpaired) electrons. The molecular weight excluding hydrogens is 351 g/mol. The monoisotopic (exact) mass is 371 g/mol. The van der Waals surface area contributed by atoms with Gasteiger partial charge < -0.3 is 15.6 Å². The van der Waals surface area contributed by atoms with Crippen LogP contribution in [-0.2, 0) is 17.6 Å². The number of carbonyl (C=O) groups is 2. The number of aromatic nitrogens is 1. The van der Waals surface area contributed by atoms with E-state index in [2.05, 4.69) is 10.3 Å². The first kappa shape index (κ1) is 18.5. The lowest BCUT2D eigenvalue weighted by atomic mass is 10.1. The number of carbonyl (C=O) groups excluding carboxylic acids is 2. The fourth-order valence-corrected chi connectivity index (χ4v) is 3.63. The van der Waals surface area contributed by atoms with Gasteiger partial charge in [-0.3, -0.25) is 14.4 Å². The van der Waals surface area contributed by atoms with Gasteiger partial charge in [-0.05, 0) is 50.2 Å². The van der Waals surface area contributed by atoms with Crippen LogP contribution in [0.25, 0.3) is 0 Å². The van der Waals surface area contributed by atoms with Crippen molar-refractivity contribution in [2.24, 2.45) is 5.92 Å². The van der Waals surface area contributed by atoms with E-state index in [1.807, 2.05) is 5.32 Å². The van der Waals surface area contributed by atoms with Gasteiger partial charge in [-0.25, -0.2) is 0 Å². The topological polar surface area (TPSA) is 91.1 Å². The highest BCUT2D eigenvalue weighted by atomic mass is 19.4. The minimum absolute atomic E-state index is 0.0376. The van der Waals surface area contributed by atoms with E-state index in [4.69, 9.17) is 0 Å². The summed E-state index contributed by atoms with van der Waals surface area (Å²) in [6, 6.07) is 1.27. The summed E-state index contributed by atoms with van der Waals surface area (Å²) in [5.74, 6) is -1.74. The molecule has 2 aliphatic rings. The predicted molar refractivity (Wildman–Crippen MR) is 86.7 cm³/mol. The number of alkyl halides is 3. The fourth-order valence-electron chi connectivity index (χ4n) is 3.63. The van der Waals surface area contributed by atoms with Crippen LogP contribution < -0.4 is 16.2 Å². The van der Waals surface area contributed by atoms with Crippen LogP contribution in [0.4, 0.5) is 13.2 Å². The van der Waals surface area contributed by atoms with Crippen molar-refractivity contribution < 1.29 is 22.8 Å². The normalized spacial score (nSPS) is 22.1. The lowest BCUT2D eigenvalue weighted by molar-refractivity contribution is -0.140. The van der Waals surface area contributed by atoms with Gasteiger partial charge >= 0.3 is 6.18 Å². The summed E-state index contributed by atoms with van der Waals surface area (Å²) in [6.07, 6.45) is -0.753. The summed E-state index contributed by atoms with van der Waals surface area (Å²) in [5.41, 5.74) is 1.43. The lowest BCUT2D eigenvalue weighted by Gasteiger charge is -2.14. The molecule has 2 amide bonds. The summed E-state index contributed by atoms with van der Waals surface area (Å²) in [7, 11) is 0. The minimum atomic E-state index is -4.45.